The summed E-state index contributed by atoms with van der Waals surface area (Å²) in [6.45, 7) is 0.221. The second-order valence-electron chi connectivity index (χ2n) is 8.68. The second-order valence-corrected chi connectivity index (χ2v) is 8.68. The third-order valence-electron chi connectivity index (χ3n) is 6.22. The number of aldehydes is 1. The van der Waals surface area contributed by atoms with Gasteiger partial charge in [0.05, 0.1) is 18.0 Å². The van der Waals surface area contributed by atoms with E-state index in [2.05, 4.69) is 15.6 Å². The van der Waals surface area contributed by atoms with Crippen LogP contribution in [0.4, 0.5) is 0 Å². The fourth-order valence-corrected chi connectivity index (χ4v) is 4.46. The highest BCUT2D eigenvalue weighted by molar-refractivity contribution is 6.01. The van der Waals surface area contributed by atoms with Crippen LogP contribution in [0.25, 0.3) is 10.9 Å². The van der Waals surface area contributed by atoms with Crippen molar-refractivity contribution in [2.75, 3.05) is 6.54 Å². The minimum Gasteiger partial charge on any atom is -0.481 e. The third kappa shape index (κ3) is 5.16. The van der Waals surface area contributed by atoms with Gasteiger partial charge in [-0.3, -0.25) is 34.0 Å². The van der Waals surface area contributed by atoms with Gasteiger partial charge in [-0.1, -0.05) is 6.07 Å². The van der Waals surface area contributed by atoms with Gasteiger partial charge < -0.3 is 20.5 Å². The number of carbonyl (C=O) groups excluding carboxylic acids is 5. The molecule has 4 rings (SSSR count). The zero-order valence-corrected chi connectivity index (χ0v) is 19.3. The van der Waals surface area contributed by atoms with Gasteiger partial charge >= 0.3 is 5.97 Å². The molecule has 12 heteroatoms. The summed E-state index contributed by atoms with van der Waals surface area (Å²) in [5.41, 5.74) is 1.02. The number of rotatable bonds is 7. The number of carboxylic acids is 1. The van der Waals surface area contributed by atoms with E-state index in [0.29, 0.717) is 23.8 Å². The summed E-state index contributed by atoms with van der Waals surface area (Å²) < 4.78 is 0. The summed E-state index contributed by atoms with van der Waals surface area (Å²) >= 11 is 0. The Morgan fingerprint density at radius 3 is 2.75 bits per heavy atom. The van der Waals surface area contributed by atoms with Crippen molar-refractivity contribution in [2.45, 2.75) is 50.2 Å². The number of benzene rings is 1. The average Bonchev–Trinajstić information content (AvgIpc) is 2.99. The first kappa shape index (κ1) is 24.8. The predicted molar refractivity (Wildman–Crippen MR) is 124 cm³/mol. The molecule has 2 saturated heterocycles. The van der Waals surface area contributed by atoms with Crippen molar-refractivity contribution < 1.29 is 33.9 Å². The summed E-state index contributed by atoms with van der Waals surface area (Å²) in [6.07, 6.45) is 2.01. The first-order valence-electron chi connectivity index (χ1n) is 11.5. The number of hydrogen-bond donors (Lipinski definition) is 3. The van der Waals surface area contributed by atoms with Crippen LogP contribution in [0.1, 0.15) is 42.5 Å². The van der Waals surface area contributed by atoms with E-state index in [-0.39, 0.29) is 31.7 Å². The highest BCUT2D eigenvalue weighted by atomic mass is 16.4. The SMILES string of the molecule is O=CC(CC(=O)O)NC(=O)C1CCCN2C(=O)CCC(NC(=O)c3ccc4ncccc4c3)C(=O)N12. The zero-order valence-electron chi connectivity index (χ0n) is 19.3. The number of aliphatic carboxylic acids is 1. The summed E-state index contributed by atoms with van der Waals surface area (Å²) in [5.74, 6) is -3.52. The highest BCUT2D eigenvalue weighted by Gasteiger charge is 2.45. The van der Waals surface area contributed by atoms with Gasteiger partial charge in [-0.2, -0.15) is 0 Å². The summed E-state index contributed by atoms with van der Waals surface area (Å²) in [6, 6.07) is 5.00. The molecule has 1 aromatic carbocycles. The monoisotopic (exact) mass is 495 g/mol. The fourth-order valence-electron chi connectivity index (χ4n) is 4.46. The Hall–Kier alpha value is -4.35. The molecular formula is C24H25N5O7. The number of amides is 4. The molecule has 2 fully saturated rings. The quantitative estimate of drug-likeness (QED) is 0.452. The molecule has 0 saturated carbocycles. The van der Waals surface area contributed by atoms with Crippen LogP contribution < -0.4 is 10.6 Å². The Morgan fingerprint density at radius 1 is 1.19 bits per heavy atom. The van der Waals surface area contributed by atoms with Gasteiger partial charge in [-0.25, -0.2) is 5.01 Å². The maximum Gasteiger partial charge on any atom is 0.305 e. The van der Waals surface area contributed by atoms with E-state index in [1.807, 2.05) is 0 Å². The van der Waals surface area contributed by atoms with Gasteiger partial charge in [0.15, 0.2) is 0 Å². The molecule has 1 aromatic heterocycles. The Kier molecular flexibility index (Phi) is 7.23. The lowest BCUT2D eigenvalue weighted by molar-refractivity contribution is -0.176. The van der Waals surface area contributed by atoms with Gasteiger partial charge in [0.1, 0.15) is 18.4 Å². The number of aromatic nitrogens is 1. The van der Waals surface area contributed by atoms with E-state index in [1.54, 1.807) is 36.5 Å². The van der Waals surface area contributed by atoms with E-state index in [9.17, 15) is 28.8 Å². The van der Waals surface area contributed by atoms with Crippen LogP contribution in [-0.2, 0) is 24.0 Å². The molecule has 2 aromatic rings. The summed E-state index contributed by atoms with van der Waals surface area (Å²) in [4.78, 5) is 78.6. The van der Waals surface area contributed by atoms with Crippen molar-refractivity contribution in [1.29, 1.82) is 0 Å². The van der Waals surface area contributed by atoms with E-state index < -0.39 is 48.2 Å². The van der Waals surface area contributed by atoms with Crippen molar-refractivity contribution in [3.63, 3.8) is 0 Å². The number of carbonyl (C=O) groups is 6. The molecule has 3 N–H and O–H groups in total. The number of hydrazine groups is 1. The minimum absolute atomic E-state index is 0.0147. The molecule has 3 heterocycles. The molecule has 12 nitrogen and oxygen atoms in total. The highest BCUT2D eigenvalue weighted by Crippen LogP contribution is 2.25. The predicted octanol–water partition coefficient (Wildman–Crippen LogP) is 0.0200. The number of nitrogens with one attached hydrogen (secondary N) is 2. The Labute approximate surface area is 205 Å². The average molecular weight is 495 g/mol. The Balaban J connectivity index is 1.54. The number of fused-ring (bicyclic) bond motifs is 2. The van der Waals surface area contributed by atoms with Crippen LogP contribution >= 0.6 is 0 Å². The van der Waals surface area contributed by atoms with E-state index in [4.69, 9.17) is 5.11 Å². The number of nitrogens with zero attached hydrogens (tertiary/aromatic N) is 3. The molecule has 0 spiro atoms. The molecule has 2 aliphatic rings. The van der Waals surface area contributed by atoms with Crippen molar-refractivity contribution in [3.8, 4) is 0 Å². The maximum atomic E-state index is 13.5. The van der Waals surface area contributed by atoms with Gasteiger partial charge in [0, 0.05) is 30.1 Å². The maximum absolute atomic E-state index is 13.5. The number of carboxylic acid groups (broad SMARTS) is 1. The standard InChI is InChI=1S/C24H25N5O7/c30-13-16(12-21(32)33)26-23(35)19-4-2-10-28-20(31)8-7-18(24(36)29(19)28)27-22(34)15-5-6-17-14(11-15)3-1-9-25-17/h1,3,5-6,9,11,13,16,18-19H,2,4,7-8,10,12H2,(H,26,35)(H,27,34)(H,32,33). The van der Waals surface area contributed by atoms with Gasteiger partial charge in [-0.15, -0.1) is 0 Å². The van der Waals surface area contributed by atoms with Crippen molar-refractivity contribution in [3.05, 3.63) is 42.1 Å². The lowest BCUT2D eigenvalue weighted by atomic mass is 10.0. The molecule has 3 atom stereocenters. The Bertz CT molecular complexity index is 1230. The van der Waals surface area contributed by atoms with Crippen LogP contribution in [0.5, 0.6) is 0 Å². The van der Waals surface area contributed by atoms with Crippen molar-refractivity contribution in [1.82, 2.24) is 25.6 Å². The number of pyridine rings is 1. The smallest absolute Gasteiger partial charge is 0.305 e. The lowest BCUT2D eigenvalue weighted by Crippen LogP contribution is -2.64. The largest absolute Gasteiger partial charge is 0.481 e. The van der Waals surface area contributed by atoms with Crippen molar-refractivity contribution >= 4 is 46.8 Å². The minimum atomic E-state index is -1.28. The second kappa shape index (κ2) is 10.5. The van der Waals surface area contributed by atoms with E-state index >= 15 is 0 Å². The lowest BCUT2D eigenvalue weighted by Gasteiger charge is -2.43. The van der Waals surface area contributed by atoms with E-state index in [1.165, 1.54) is 5.01 Å². The van der Waals surface area contributed by atoms with Crippen LogP contribution in [-0.4, -0.2) is 80.7 Å². The summed E-state index contributed by atoms with van der Waals surface area (Å²) in [5, 5.41) is 17.0. The molecular weight excluding hydrogens is 470 g/mol. The molecule has 188 valence electrons. The normalized spacial score (nSPS) is 20.8. The first-order valence-corrected chi connectivity index (χ1v) is 11.5. The third-order valence-corrected chi connectivity index (χ3v) is 6.22. The van der Waals surface area contributed by atoms with E-state index in [0.717, 1.165) is 10.4 Å². The number of hydrogen-bond acceptors (Lipinski definition) is 7. The Morgan fingerprint density at radius 2 is 2.00 bits per heavy atom. The van der Waals surface area contributed by atoms with Gasteiger partial charge in [-0.05, 0) is 43.5 Å². The van der Waals surface area contributed by atoms with Gasteiger partial charge in [0.2, 0.25) is 11.8 Å². The molecule has 0 aliphatic carbocycles. The van der Waals surface area contributed by atoms with Crippen LogP contribution in [0, 0.1) is 0 Å². The van der Waals surface area contributed by atoms with Gasteiger partial charge in [0.25, 0.3) is 11.8 Å². The topological polar surface area (TPSA) is 166 Å². The molecule has 3 unspecified atom stereocenters. The summed E-state index contributed by atoms with van der Waals surface area (Å²) in [7, 11) is 0. The zero-order chi connectivity index (χ0) is 25.8. The van der Waals surface area contributed by atoms with Crippen LogP contribution in [0.15, 0.2) is 36.5 Å². The molecule has 36 heavy (non-hydrogen) atoms. The molecule has 4 amide bonds. The molecule has 0 radical (unpaired) electrons. The van der Waals surface area contributed by atoms with Crippen molar-refractivity contribution in [2.24, 2.45) is 0 Å². The fraction of sp³-hybridized carbons (Fsp3) is 0.375. The first-order chi connectivity index (χ1) is 17.3. The van der Waals surface area contributed by atoms with Crippen LogP contribution in [0.3, 0.4) is 0 Å². The molecule has 0 bridgehead atoms. The van der Waals surface area contributed by atoms with Crippen LogP contribution in [0.2, 0.25) is 0 Å². The molecule has 2 aliphatic heterocycles.